The van der Waals surface area contributed by atoms with Gasteiger partial charge in [-0.3, -0.25) is 0 Å². The summed E-state index contributed by atoms with van der Waals surface area (Å²) in [6.07, 6.45) is 0. The van der Waals surface area contributed by atoms with Gasteiger partial charge in [-0.1, -0.05) is 33.6 Å². The third-order valence-corrected chi connectivity index (χ3v) is 2.53. The average molecular weight is 279 g/mol. The van der Waals surface area contributed by atoms with E-state index in [2.05, 4.69) is 48.8 Å². The summed E-state index contributed by atoms with van der Waals surface area (Å²) >= 11 is 3.48. The van der Waals surface area contributed by atoms with E-state index >= 15 is 0 Å². The van der Waals surface area contributed by atoms with Gasteiger partial charge in [0.05, 0.1) is 0 Å². The Morgan fingerprint density at radius 3 is 1.83 bits per heavy atom. The van der Waals surface area contributed by atoms with Crippen molar-refractivity contribution in [2.24, 2.45) is 0 Å². The van der Waals surface area contributed by atoms with Crippen LogP contribution in [0.2, 0.25) is 0 Å². The van der Waals surface area contributed by atoms with Crippen molar-refractivity contribution in [3.05, 3.63) is 34.4 Å². The predicted octanol–water partition coefficient (Wildman–Crippen LogP) is 3.50. The maximum absolute atomic E-state index is 3.48. The molecule has 0 aromatic heterocycles. The number of hydrogen-bond acceptors (Lipinski definition) is 0. The van der Waals surface area contributed by atoms with E-state index < -0.39 is 0 Å². The van der Waals surface area contributed by atoms with Gasteiger partial charge in [-0.2, -0.15) is 0 Å². The molecule has 0 N–H and O–H groups in total. The number of rotatable bonds is 1. The number of alkyl halides is 1. The molecule has 0 spiro atoms. The smallest absolute Gasteiger partial charge is 0.0288 e. The fourth-order valence-corrected chi connectivity index (χ4v) is 2.31. The zero-order valence-corrected chi connectivity index (χ0v) is 12.5. The van der Waals surface area contributed by atoms with E-state index in [4.69, 9.17) is 0 Å². The van der Waals surface area contributed by atoms with Crippen LogP contribution < -0.4 is 0 Å². The third kappa shape index (κ3) is 2.67. The molecule has 0 saturated heterocycles. The molecule has 62 valence electrons. The van der Waals surface area contributed by atoms with Gasteiger partial charge in [0, 0.05) is 24.8 Å². The minimum Gasteiger partial charge on any atom is -0.0876 e. The van der Waals surface area contributed by atoms with Crippen molar-refractivity contribution in [2.45, 2.75) is 26.1 Å². The van der Waals surface area contributed by atoms with Gasteiger partial charge in [0.2, 0.25) is 0 Å². The van der Waals surface area contributed by atoms with Crippen LogP contribution in [0.25, 0.3) is 0 Å². The van der Waals surface area contributed by atoms with Crippen molar-refractivity contribution in [1.82, 2.24) is 0 Å². The minimum absolute atomic E-state index is 0. The topological polar surface area (TPSA) is 0 Å². The molecule has 1 aromatic rings. The van der Waals surface area contributed by atoms with Gasteiger partial charge in [0.15, 0.2) is 0 Å². The second kappa shape index (κ2) is 5.14. The third-order valence-electron chi connectivity index (χ3n) is 1.97. The minimum atomic E-state index is 0. The van der Waals surface area contributed by atoms with Crippen LogP contribution in [0.3, 0.4) is 0 Å². The van der Waals surface area contributed by atoms with Gasteiger partial charge in [-0.15, -0.1) is 0 Å². The van der Waals surface area contributed by atoms with E-state index in [-0.39, 0.29) is 19.5 Å². The summed E-state index contributed by atoms with van der Waals surface area (Å²) in [7, 11) is 0. The van der Waals surface area contributed by atoms with Crippen molar-refractivity contribution < 1.29 is 19.5 Å². The average Bonchev–Trinajstić information content (AvgIpc) is 1.85. The molecule has 0 nitrogen and oxygen atoms in total. The molecule has 1 rings (SSSR count). The van der Waals surface area contributed by atoms with E-state index in [0.29, 0.717) is 0 Å². The van der Waals surface area contributed by atoms with Gasteiger partial charge in [0.1, 0.15) is 0 Å². The van der Waals surface area contributed by atoms with Crippen LogP contribution in [0.4, 0.5) is 0 Å². The van der Waals surface area contributed by atoms with Gasteiger partial charge in [-0.05, 0) is 37.5 Å². The van der Waals surface area contributed by atoms with Crippen LogP contribution in [-0.4, -0.2) is 0 Å². The molecule has 0 aliphatic rings. The summed E-state index contributed by atoms with van der Waals surface area (Å²) in [4.78, 5) is 0. The van der Waals surface area contributed by atoms with E-state index in [1.165, 1.54) is 22.3 Å². The monoisotopic (exact) mass is 276 g/mol. The first kappa shape index (κ1) is 12.3. The van der Waals surface area contributed by atoms with E-state index in [0.717, 1.165) is 5.33 Å². The second-order valence-electron chi connectivity index (χ2n) is 3.01. The number of halogens is 1. The fourth-order valence-electron chi connectivity index (χ4n) is 1.42. The Morgan fingerprint density at radius 2 is 1.50 bits per heavy atom. The molecule has 0 aliphatic heterocycles. The first-order valence-electron chi connectivity index (χ1n) is 3.78. The molecular formula is C10H13BrZn. The first-order chi connectivity index (χ1) is 5.15. The molecule has 1 aromatic carbocycles. The second-order valence-corrected chi connectivity index (χ2v) is 3.57. The Morgan fingerprint density at radius 1 is 1.08 bits per heavy atom. The van der Waals surface area contributed by atoms with Crippen LogP contribution in [0, 0.1) is 20.8 Å². The summed E-state index contributed by atoms with van der Waals surface area (Å²) in [6, 6.07) is 4.45. The Balaban J connectivity index is 0.00000121. The van der Waals surface area contributed by atoms with Gasteiger partial charge < -0.3 is 0 Å². The van der Waals surface area contributed by atoms with Crippen LogP contribution in [0.5, 0.6) is 0 Å². The number of benzene rings is 1. The summed E-state index contributed by atoms with van der Waals surface area (Å²) in [5.41, 5.74) is 5.55. The molecular weight excluding hydrogens is 265 g/mol. The van der Waals surface area contributed by atoms with Crippen molar-refractivity contribution >= 4 is 15.9 Å². The van der Waals surface area contributed by atoms with Crippen molar-refractivity contribution in [1.29, 1.82) is 0 Å². The van der Waals surface area contributed by atoms with Crippen LogP contribution in [0.1, 0.15) is 22.3 Å². The summed E-state index contributed by atoms with van der Waals surface area (Å²) in [5, 5.41) is 0.963. The molecule has 0 atom stereocenters. The SMILES string of the molecule is Cc1cc(C)c(CBr)c(C)c1.[Zn]. The van der Waals surface area contributed by atoms with Crippen LogP contribution >= 0.6 is 15.9 Å². The van der Waals surface area contributed by atoms with Gasteiger partial charge in [-0.25, -0.2) is 0 Å². The first-order valence-corrected chi connectivity index (χ1v) is 4.90. The summed E-state index contributed by atoms with van der Waals surface area (Å²) in [5.74, 6) is 0. The molecule has 0 fully saturated rings. The molecule has 0 amide bonds. The van der Waals surface area contributed by atoms with Crippen LogP contribution in [-0.2, 0) is 24.8 Å². The van der Waals surface area contributed by atoms with Crippen molar-refractivity contribution in [3.63, 3.8) is 0 Å². The quantitative estimate of drug-likeness (QED) is 0.545. The zero-order chi connectivity index (χ0) is 8.43. The summed E-state index contributed by atoms with van der Waals surface area (Å²) in [6.45, 7) is 6.46. The van der Waals surface area contributed by atoms with Crippen LogP contribution in [0.15, 0.2) is 12.1 Å². The Kier molecular flexibility index (Phi) is 5.28. The maximum Gasteiger partial charge on any atom is 0.0288 e. The normalized spacial score (nSPS) is 9.33. The predicted molar refractivity (Wildman–Crippen MR) is 53.3 cm³/mol. The zero-order valence-electron chi connectivity index (χ0n) is 7.95. The Hall–Kier alpha value is 0.323. The Bertz CT molecular complexity index is 246. The largest absolute Gasteiger partial charge is 0.0876 e. The van der Waals surface area contributed by atoms with E-state index in [1.807, 2.05) is 0 Å². The summed E-state index contributed by atoms with van der Waals surface area (Å²) < 4.78 is 0. The fraction of sp³-hybridized carbons (Fsp3) is 0.400. The molecule has 0 radical (unpaired) electrons. The molecule has 0 aliphatic carbocycles. The van der Waals surface area contributed by atoms with Crippen molar-refractivity contribution in [3.8, 4) is 0 Å². The Labute approximate surface area is 95.6 Å². The molecule has 2 heteroatoms. The van der Waals surface area contributed by atoms with Gasteiger partial charge >= 0.3 is 0 Å². The van der Waals surface area contributed by atoms with Crippen molar-refractivity contribution in [2.75, 3.05) is 0 Å². The maximum atomic E-state index is 3.48. The molecule has 0 heterocycles. The van der Waals surface area contributed by atoms with E-state index in [9.17, 15) is 0 Å². The molecule has 0 bridgehead atoms. The molecule has 0 unspecified atom stereocenters. The number of aryl methyl sites for hydroxylation is 3. The van der Waals surface area contributed by atoms with E-state index in [1.54, 1.807) is 0 Å². The number of hydrogen-bond donors (Lipinski definition) is 0. The standard InChI is InChI=1S/C10H13Br.Zn/c1-7-4-8(2)10(6-11)9(3)5-7;/h4-5H,6H2,1-3H3;. The molecule has 0 saturated carbocycles. The van der Waals surface area contributed by atoms with Gasteiger partial charge in [0.25, 0.3) is 0 Å². The molecule has 12 heavy (non-hydrogen) atoms.